The third-order valence-corrected chi connectivity index (χ3v) is 6.49. The molecule has 0 spiro atoms. The van der Waals surface area contributed by atoms with E-state index in [0.717, 1.165) is 16.9 Å². The molecule has 1 heterocycles. The number of carbonyl (C=O) groups is 1. The fourth-order valence-electron chi connectivity index (χ4n) is 3.04. The lowest BCUT2D eigenvalue weighted by Crippen LogP contribution is -2.38. The molecule has 0 bridgehead atoms. The third kappa shape index (κ3) is 4.26. The van der Waals surface area contributed by atoms with E-state index in [2.05, 4.69) is 0 Å². The summed E-state index contributed by atoms with van der Waals surface area (Å²) >= 11 is 1.13. The number of aromatic nitrogens is 1. The zero-order valence-electron chi connectivity index (χ0n) is 15.3. The molecule has 0 atom stereocenters. The Bertz CT molecular complexity index is 1060. The molecule has 7 heteroatoms. The average Bonchev–Trinajstić information content (AvgIpc) is 3.00. The van der Waals surface area contributed by atoms with Crippen LogP contribution in [-0.2, 0) is 16.7 Å². The number of hydrogen-bond donors (Lipinski definition) is 0. The molecule has 5 nitrogen and oxygen atoms in total. The molecule has 0 saturated carbocycles. The van der Waals surface area contributed by atoms with Crippen molar-refractivity contribution < 1.29 is 22.0 Å². The van der Waals surface area contributed by atoms with Gasteiger partial charge in [-0.2, -0.15) is 8.42 Å². The molecule has 0 N–H and O–H groups in total. The Labute approximate surface area is 163 Å². The first-order valence-corrected chi connectivity index (χ1v) is 10.6. The molecule has 0 radical (unpaired) electrons. The first-order chi connectivity index (χ1) is 12.8. The molecule has 0 aliphatic rings. The monoisotopic (exact) mass is 402 g/mol. The number of hydrogen-bond acceptors (Lipinski definition) is 5. The molecule has 0 fully saturated rings. The van der Waals surface area contributed by atoms with Gasteiger partial charge in [-0.3, -0.25) is 4.79 Å². The Morgan fingerprint density at radius 1 is 1.07 bits per heavy atom. The smallest absolute Gasteiger partial charge is 0.310 e. The lowest BCUT2D eigenvalue weighted by Gasteiger charge is -2.10. The van der Waals surface area contributed by atoms with Crippen LogP contribution in [0.3, 0.4) is 0 Å². The first kappa shape index (κ1) is 19.3. The quantitative estimate of drug-likeness (QED) is 0.359. The van der Waals surface area contributed by atoms with Gasteiger partial charge in [-0.05, 0) is 43.2 Å². The molecule has 27 heavy (non-hydrogen) atoms. The van der Waals surface area contributed by atoms with Gasteiger partial charge < -0.3 is 4.18 Å². The molecule has 0 unspecified atom stereocenters. The van der Waals surface area contributed by atoms with Crippen molar-refractivity contribution in [3.8, 4) is 5.19 Å². The number of aryl methyl sites for hydroxylation is 3. The topological polar surface area (TPSA) is 64.3 Å². The summed E-state index contributed by atoms with van der Waals surface area (Å²) < 4.78 is 32.6. The maximum Gasteiger partial charge on any atom is 0.446 e. The number of rotatable bonds is 6. The highest BCUT2D eigenvalue weighted by Gasteiger charge is 2.28. The van der Waals surface area contributed by atoms with Crippen molar-refractivity contribution >= 4 is 27.2 Å². The van der Waals surface area contributed by atoms with Crippen LogP contribution < -0.4 is 8.75 Å². The Morgan fingerprint density at radius 2 is 1.70 bits per heavy atom. The molecular formula is C20H20NO4S2+. The van der Waals surface area contributed by atoms with Crippen molar-refractivity contribution in [2.75, 3.05) is 0 Å². The van der Waals surface area contributed by atoms with Crippen LogP contribution in [0.5, 0.6) is 5.19 Å². The van der Waals surface area contributed by atoms with Crippen molar-refractivity contribution in [3.63, 3.8) is 0 Å². The van der Waals surface area contributed by atoms with Crippen LogP contribution in [0.15, 0.2) is 58.9 Å². The van der Waals surface area contributed by atoms with Gasteiger partial charge in [0.05, 0.1) is 5.38 Å². The van der Waals surface area contributed by atoms with Crippen molar-refractivity contribution in [2.24, 2.45) is 0 Å². The zero-order valence-corrected chi connectivity index (χ0v) is 16.9. The van der Waals surface area contributed by atoms with E-state index in [0.29, 0.717) is 16.7 Å². The number of thiazole rings is 1. The first-order valence-electron chi connectivity index (χ1n) is 8.35. The van der Waals surface area contributed by atoms with Crippen LogP contribution in [0.4, 0.5) is 0 Å². The van der Waals surface area contributed by atoms with E-state index in [-0.39, 0.29) is 22.4 Å². The largest absolute Gasteiger partial charge is 0.446 e. The Kier molecular flexibility index (Phi) is 5.43. The van der Waals surface area contributed by atoms with Gasteiger partial charge in [0.25, 0.3) is 0 Å². The summed E-state index contributed by atoms with van der Waals surface area (Å²) in [4.78, 5) is 12.6. The van der Waals surface area contributed by atoms with Gasteiger partial charge in [-0.15, -0.1) is 4.57 Å². The van der Waals surface area contributed by atoms with Crippen LogP contribution in [-0.4, -0.2) is 14.2 Å². The molecule has 0 aliphatic carbocycles. The summed E-state index contributed by atoms with van der Waals surface area (Å²) in [5.41, 5.74) is 2.82. The average molecular weight is 403 g/mol. The van der Waals surface area contributed by atoms with Crippen LogP contribution >= 0.6 is 11.3 Å². The maximum atomic E-state index is 12.8. The van der Waals surface area contributed by atoms with Gasteiger partial charge >= 0.3 is 15.3 Å². The standard InChI is InChI=1S/C20H20NO4S2/c1-14-11-15(2)19(16(3)12-14)27(23,24)25-20-21(9-10-26-20)13-18(22)17-7-5-4-6-8-17/h4-12H,13H2,1-3H3/q+1. The summed E-state index contributed by atoms with van der Waals surface area (Å²) in [6, 6.07) is 12.5. The highest BCUT2D eigenvalue weighted by atomic mass is 32.2. The van der Waals surface area contributed by atoms with Gasteiger partial charge in [0, 0.05) is 5.56 Å². The second-order valence-electron chi connectivity index (χ2n) is 6.35. The second-order valence-corrected chi connectivity index (χ2v) is 8.69. The fourth-order valence-corrected chi connectivity index (χ4v) is 5.33. The van der Waals surface area contributed by atoms with E-state index in [1.165, 1.54) is 4.57 Å². The lowest BCUT2D eigenvalue weighted by molar-refractivity contribution is -0.681. The number of ketones is 1. The van der Waals surface area contributed by atoms with E-state index in [1.807, 2.05) is 25.1 Å². The molecule has 140 valence electrons. The van der Waals surface area contributed by atoms with E-state index >= 15 is 0 Å². The number of carbonyl (C=O) groups excluding carboxylic acids is 1. The minimum Gasteiger partial charge on any atom is -0.310 e. The van der Waals surface area contributed by atoms with Crippen molar-refractivity contribution in [1.29, 1.82) is 0 Å². The summed E-state index contributed by atoms with van der Waals surface area (Å²) in [5, 5.41) is 1.84. The summed E-state index contributed by atoms with van der Waals surface area (Å²) in [6.45, 7) is 5.42. The maximum absolute atomic E-state index is 12.8. The van der Waals surface area contributed by atoms with Crippen LogP contribution in [0.1, 0.15) is 27.0 Å². The zero-order chi connectivity index (χ0) is 19.6. The Morgan fingerprint density at radius 3 is 2.33 bits per heavy atom. The predicted octanol–water partition coefficient (Wildman–Crippen LogP) is 3.61. The van der Waals surface area contributed by atoms with Crippen molar-refractivity contribution in [1.82, 2.24) is 0 Å². The van der Waals surface area contributed by atoms with Gasteiger partial charge in [-0.25, -0.2) is 0 Å². The molecule has 3 rings (SSSR count). The molecule has 3 aromatic rings. The van der Waals surface area contributed by atoms with E-state index in [1.54, 1.807) is 49.7 Å². The number of nitrogens with zero attached hydrogens (tertiary/aromatic N) is 1. The minimum absolute atomic E-state index is 0.00420. The third-order valence-electron chi connectivity index (χ3n) is 4.09. The highest BCUT2D eigenvalue weighted by molar-refractivity contribution is 7.87. The highest BCUT2D eigenvalue weighted by Crippen LogP contribution is 2.26. The van der Waals surface area contributed by atoms with Crippen molar-refractivity contribution in [2.45, 2.75) is 32.2 Å². The number of benzene rings is 2. The SMILES string of the molecule is Cc1cc(C)c(S(=O)(=O)Oc2scc[n+]2CC(=O)c2ccccc2)c(C)c1. The van der Waals surface area contributed by atoms with E-state index in [9.17, 15) is 13.2 Å². The molecule has 0 aliphatic heterocycles. The molecule has 1 aromatic heterocycles. The molecular weight excluding hydrogens is 382 g/mol. The van der Waals surface area contributed by atoms with Crippen LogP contribution in [0.25, 0.3) is 0 Å². The fraction of sp³-hybridized carbons (Fsp3) is 0.200. The summed E-state index contributed by atoms with van der Waals surface area (Å²) in [5.74, 6) is -0.121. The predicted molar refractivity (Wildman–Crippen MR) is 104 cm³/mol. The summed E-state index contributed by atoms with van der Waals surface area (Å²) in [6.07, 6.45) is 1.64. The summed E-state index contributed by atoms with van der Waals surface area (Å²) in [7, 11) is -4.01. The lowest BCUT2D eigenvalue weighted by atomic mass is 10.1. The van der Waals surface area contributed by atoms with E-state index < -0.39 is 10.1 Å². The second kappa shape index (κ2) is 7.62. The Balaban J connectivity index is 1.87. The van der Waals surface area contributed by atoms with Gasteiger partial charge in [-0.1, -0.05) is 48.0 Å². The van der Waals surface area contributed by atoms with Crippen LogP contribution in [0.2, 0.25) is 0 Å². The molecule has 0 saturated heterocycles. The normalized spacial score (nSPS) is 11.4. The molecule has 0 amide bonds. The van der Waals surface area contributed by atoms with Crippen molar-refractivity contribution in [3.05, 3.63) is 76.3 Å². The van der Waals surface area contributed by atoms with Gasteiger partial charge in [0.1, 0.15) is 4.90 Å². The number of Topliss-reactive ketones (excluding diaryl/α,β-unsaturated/α-hetero) is 1. The van der Waals surface area contributed by atoms with Gasteiger partial charge in [0.2, 0.25) is 12.3 Å². The van der Waals surface area contributed by atoms with Crippen LogP contribution in [0, 0.1) is 20.8 Å². The van der Waals surface area contributed by atoms with Gasteiger partial charge in [0.15, 0.2) is 6.20 Å². The minimum atomic E-state index is -4.01. The molecule has 2 aromatic carbocycles. The Hall–Kier alpha value is -2.51. The van der Waals surface area contributed by atoms with E-state index in [4.69, 9.17) is 4.18 Å².